The highest BCUT2D eigenvalue weighted by molar-refractivity contribution is 7.09. The van der Waals surface area contributed by atoms with Crippen LogP contribution < -0.4 is 5.32 Å². The van der Waals surface area contributed by atoms with Gasteiger partial charge in [-0.3, -0.25) is 4.79 Å². The van der Waals surface area contributed by atoms with Gasteiger partial charge in [0.05, 0.1) is 12.6 Å². The van der Waals surface area contributed by atoms with E-state index >= 15 is 0 Å². The molecule has 1 fully saturated rings. The van der Waals surface area contributed by atoms with Crippen molar-refractivity contribution in [3.8, 4) is 0 Å². The maximum absolute atomic E-state index is 12.3. The van der Waals surface area contributed by atoms with Gasteiger partial charge in [0.15, 0.2) is 0 Å². The summed E-state index contributed by atoms with van der Waals surface area (Å²) in [6.45, 7) is 0.602. The van der Waals surface area contributed by atoms with Crippen molar-refractivity contribution >= 4 is 17.2 Å². The molecule has 0 unspecified atom stereocenters. The predicted octanol–water partition coefficient (Wildman–Crippen LogP) is 2.46. The van der Waals surface area contributed by atoms with Gasteiger partial charge in [-0.25, -0.2) is 4.98 Å². The molecule has 2 heterocycles. The molecule has 2 N–H and O–H groups in total. The second kappa shape index (κ2) is 7.00. The molecule has 2 atom stereocenters. The first kappa shape index (κ1) is 15.1. The summed E-state index contributed by atoms with van der Waals surface area (Å²) < 4.78 is 5.58. The number of thiazole rings is 1. The van der Waals surface area contributed by atoms with Gasteiger partial charge in [0.25, 0.3) is 5.91 Å². The molecule has 1 aliphatic rings. The van der Waals surface area contributed by atoms with Gasteiger partial charge >= 0.3 is 0 Å². The molecule has 6 heteroatoms. The molecular weight excluding hydrogens is 300 g/mol. The Morgan fingerprint density at radius 2 is 2.27 bits per heavy atom. The van der Waals surface area contributed by atoms with E-state index in [1.54, 1.807) is 5.38 Å². The van der Waals surface area contributed by atoms with Crippen LogP contribution in [0.5, 0.6) is 0 Å². The lowest BCUT2D eigenvalue weighted by molar-refractivity contribution is 0.0909. The summed E-state index contributed by atoms with van der Waals surface area (Å²) in [5.74, 6) is -0.275. The van der Waals surface area contributed by atoms with Crippen LogP contribution in [0.4, 0.5) is 0 Å². The summed E-state index contributed by atoms with van der Waals surface area (Å²) in [6, 6.07) is 8.97. The smallest absolute Gasteiger partial charge is 0.271 e. The Morgan fingerprint density at radius 3 is 2.95 bits per heavy atom. The van der Waals surface area contributed by atoms with Crippen molar-refractivity contribution in [3.63, 3.8) is 0 Å². The number of aliphatic hydroxyl groups excluding tert-OH is 1. The summed E-state index contributed by atoms with van der Waals surface area (Å²) >= 11 is 1.45. The molecule has 0 aliphatic carbocycles. The Labute approximate surface area is 133 Å². The van der Waals surface area contributed by atoms with Gasteiger partial charge in [-0.15, -0.1) is 11.3 Å². The van der Waals surface area contributed by atoms with Crippen LogP contribution in [0.25, 0.3) is 0 Å². The number of benzene rings is 1. The van der Waals surface area contributed by atoms with Crippen molar-refractivity contribution in [2.75, 3.05) is 13.2 Å². The Balaban J connectivity index is 1.68. The summed E-state index contributed by atoms with van der Waals surface area (Å²) in [5.41, 5.74) is 1.25. The zero-order valence-corrected chi connectivity index (χ0v) is 12.9. The summed E-state index contributed by atoms with van der Waals surface area (Å²) in [5, 5.41) is 14.9. The zero-order chi connectivity index (χ0) is 15.4. The SMILES string of the molecule is O=C(N[C@@H](CO)c1ccccc1)c1csc([C@H]2CCCO2)n1. The topological polar surface area (TPSA) is 71.5 Å². The molecule has 0 saturated carbocycles. The number of amides is 1. The molecule has 1 saturated heterocycles. The van der Waals surface area contributed by atoms with Crippen LogP contribution in [0.15, 0.2) is 35.7 Å². The fourth-order valence-electron chi connectivity index (χ4n) is 2.46. The van der Waals surface area contributed by atoms with E-state index < -0.39 is 6.04 Å². The number of hydrogen-bond acceptors (Lipinski definition) is 5. The molecular formula is C16H18N2O3S. The highest BCUT2D eigenvalue weighted by Gasteiger charge is 2.23. The third-order valence-electron chi connectivity index (χ3n) is 3.65. The number of hydrogen-bond donors (Lipinski definition) is 2. The minimum absolute atomic E-state index is 0.0225. The molecule has 22 heavy (non-hydrogen) atoms. The maximum Gasteiger partial charge on any atom is 0.271 e. The lowest BCUT2D eigenvalue weighted by Gasteiger charge is -2.15. The van der Waals surface area contributed by atoms with Gasteiger partial charge in [-0.2, -0.15) is 0 Å². The lowest BCUT2D eigenvalue weighted by Crippen LogP contribution is -2.31. The lowest BCUT2D eigenvalue weighted by atomic mass is 10.1. The van der Waals surface area contributed by atoms with Crippen LogP contribution in [-0.2, 0) is 4.74 Å². The van der Waals surface area contributed by atoms with Gasteiger partial charge < -0.3 is 15.2 Å². The predicted molar refractivity (Wildman–Crippen MR) is 83.8 cm³/mol. The Bertz CT molecular complexity index is 623. The minimum Gasteiger partial charge on any atom is -0.394 e. The quantitative estimate of drug-likeness (QED) is 0.888. The molecule has 1 amide bonds. The molecule has 5 nitrogen and oxygen atoms in total. The van der Waals surface area contributed by atoms with Crippen LogP contribution in [0.3, 0.4) is 0 Å². The van der Waals surface area contributed by atoms with E-state index in [9.17, 15) is 9.90 Å². The van der Waals surface area contributed by atoms with Crippen LogP contribution in [-0.4, -0.2) is 29.2 Å². The van der Waals surface area contributed by atoms with Crippen molar-refractivity contribution in [3.05, 3.63) is 52.0 Å². The highest BCUT2D eigenvalue weighted by Crippen LogP contribution is 2.30. The second-order valence-corrected chi connectivity index (χ2v) is 6.08. The zero-order valence-electron chi connectivity index (χ0n) is 12.1. The number of nitrogens with zero attached hydrogens (tertiary/aromatic N) is 1. The Kier molecular flexibility index (Phi) is 4.82. The average molecular weight is 318 g/mol. The molecule has 0 radical (unpaired) electrons. The highest BCUT2D eigenvalue weighted by atomic mass is 32.1. The van der Waals surface area contributed by atoms with Gasteiger partial charge in [0, 0.05) is 12.0 Å². The number of aromatic nitrogens is 1. The first-order valence-electron chi connectivity index (χ1n) is 7.31. The van der Waals surface area contributed by atoms with E-state index in [1.165, 1.54) is 11.3 Å². The van der Waals surface area contributed by atoms with Crippen LogP contribution >= 0.6 is 11.3 Å². The minimum atomic E-state index is -0.429. The van der Waals surface area contributed by atoms with Crippen LogP contribution in [0.2, 0.25) is 0 Å². The van der Waals surface area contributed by atoms with Crippen LogP contribution in [0.1, 0.15) is 46.0 Å². The van der Waals surface area contributed by atoms with E-state index in [-0.39, 0.29) is 18.6 Å². The van der Waals surface area contributed by atoms with E-state index in [1.807, 2.05) is 30.3 Å². The number of carbonyl (C=O) groups is 1. The number of aliphatic hydroxyl groups is 1. The molecule has 0 bridgehead atoms. The van der Waals surface area contributed by atoms with Gasteiger partial charge in [-0.05, 0) is 18.4 Å². The van der Waals surface area contributed by atoms with Crippen molar-refractivity contribution < 1.29 is 14.6 Å². The number of ether oxygens (including phenoxy) is 1. The van der Waals surface area contributed by atoms with Crippen molar-refractivity contribution in [1.29, 1.82) is 0 Å². The fourth-order valence-corrected chi connectivity index (χ4v) is 3.34. The van der Waals surface area contributed by atoms with E-state index in [2.05, 4.69) is 10.3 Å². The Morgan fingerprint density at radius 1 is 1.45 bits per heavy atom. The molecule has 2 aromatic rings. The largest absolute Gasteiger partial charge is 0.394 e. The van der Waals surface area contributed by atoms with E-state index in [0.717, 1.165) is 30.0 Å². The first-order chi connectivity index (χ1) is 10.8. The normalized spacial score (nSPS) is 19.0. The number of rotatable bonds is 5. The van der Waals surface area contributed by atoms with E-state index in [4.69, 9.17) is 4.74 Å². The molecule has 1 aromatic carbocycles. The van der Waals surface area contributed by atoms with Crippen molar-refractivity contribution in [1.82, 2.24) is 10.3 Å². The standard InChI is InChI=1S/C16H18N2O3S/c19-9-12(11-5-2-1-3-6-11)17-15(20)13-10-22-16(18-13)14-7-4-8-21-14/h1-3,5-6,10,12,14,19H,4,7-9H2,(H,17,20)/t12-,14+/m0/s1. The van der Waals surface area contributed by atoms with Crippen molar-refractivity contribution in [2.45, 2.75) is 25.0 Å². The summed E-state index contributed by atoms with van der Waals surface area (Å²) in [7, 11) is 0. The monoisotopic (exact) mass is 318 g/mol. The average Bonchev–Trinajstić information content (AvgIpc) is 3.23. The maximum atomic E-state index is 12.3. The number of carbonyl (C=O) groups excluding carboxylic acids is 1. The molecule has 3 rings (SSSR count). The van der Waals surface area contributed by atoms with E-state index in [0.29, 0.717) is 5.69 Å². The third kappa shape index (κ3) is 3.35. The molecule has 116 valence electrons. The summed E-state index contributed by atoms with van der Waals surface area (Å²) in [6.07, 6.45) is 2.01. The molecule has 1 aliphatic heterocycles. The fraction of sp³-hybridized carbons (Fsp3) is 0.375. The van der Waals surface area contributed by atoms with Gasteiger partial charge in [0.1, 0.15) is 16.8 Å². The van der Waals surface area contributed by atoms with Crippen LogP contribution in [0, 0.1) is 0 Å². The van der Waals surface area contributed by atoms with Gasteiger partial charge in [-0.1, -0.05) is 30.3 Å². The second-order valence-electron chi connectivity index (χ2n) is 5.19. The van der Waals surface area contributed by atoms with Gasteiger partial charge in [0.2, 0.25) is 0 Å². The third-order valence-corrected chi connectivity index (χ3v) is 4.59. The molecule has 0 spiro atoms. The Hall–Kier alpha value is -1.76. The van der Waals surface area contributed by atoms with Crippen molar-refractivity contribution in [2.24, 2.45) is 0 Å². The summed E-state index contributed by atoms with van der Waals surface area (Å²) in [4.78, 5) is 16.7. The first-order valence-corrected chi connectivity index (χ1v) is 8.19. The number of nitrogens with one attached hydrogen (secondary N) is 1. The molecule has 1 aromatic heterocycles.